The predicted octanol–water partition coefficient (Wildman–Crippen LogP) is 2.82. The summed E-state index contributed by atoms with van der Waals surface area (Å²) in [5, 5.41) is 4.64. The lowest BCUT2D eigenvalue weighted by molar-refractivity contribution is 0.0315. The van der Waals surface area contributed by atoms with E-state index in [9.17, 15) is 8.42 Å². The summed E-state index contributed by atoms with van der Waals surface area (Å²) in [4.78, 5) is 11.4. The largest absolute Gasteiger partial charge is 0.381 e. The zero-order chi connectivity index (χ0) is 18.2. The van der Waals surface area contributed by atoms with Crippen LogP contribution in [0.25, 0.3) is 10.2 Å². The molecule has 0 saturated carbocycles. The molecule has 1 aliphatic carbocycles. The number of hydrogen-bond acceptors (Lipinski definition) is 7. The van der Waals surface area contributed by atoms with E-state index in [1.807, 2.05) is 0 Å². The lowest BCUT2D eigenvalue weighted by Gasteiger charge is -2.36. The molecule has 0 unspecified atom stereocenters. The minimum atomic E-state index is -3.06. The van der Waals surface area contributed by atoms with E-state index < -0.39 is 9.84 Å². The maximum absolute atomic E-state index is 12.0. The molecule has 1 aliphatic heterocycles. The molecule has 142 valence electrons. The first-order valence-electron chi connectivity index (χ1n) is 9.20. The van der Waals surface area contributed by atoms with Crippen molar-refractivity contribution in [2.45, 2.75) is 38.5 Å². The Morgan fingerprint density at radius 3 is 2.77 bits per heavy atom. The molecule has 4 rings (SSSR count). The molecular formula is C18H25N3O3S2. The highest BCUT2D eigenvalue weighted by Crippen LogP contribution is 2.39. The van der Waals surface area contributed by atoms with Gasteiger partial charge in [0.1, 0.15) is 26.8 Å². The van der Waals surface area contributed by atoms with E-state index in [0.717, 1.165) is 41.7 Å². The van der Waals surface area contributed by atoms with Gasteiger partial charge in [-0.1, -0.05) is 0 Å². The number of anilines is 1. The average Bonchev–Trinajstić information content (AvgIpc) is 2.98. The monoisotopic (exact) mass is 395 g/mol. The van der Waals surface area contributed by atoms with Gasteiger partial charge < -0.3 is 10.1 Å². The molecule has 3 heterocycles. The predicted molar refractivity (Wildman–Crippen MR) is 105 cm³/mol. The van der Waals surface area contributed by atoms with Crippen molar-refractivity contribution in [3.05, 3.63) is 16.8 Å². The molecule has 26 heavy (non-hydrogen) atoms. The molecular weight excluding hydrogens is 370 g/mol. The van der Waals surface area contributed by atoms with Crippen LogP contribution in [0.3, 0.4) is 0 Å². The van der Waals surface area contributed by atoms with Crippen molar-refractivity contribution in [2.24, 2.45) is 5.41 Å². The topological polar surface area (TPSA) is 81.2 Å². The molecule has 1 saturated heterocycles. The summed E-state index contributed by atoms with van der Waals surface area (Å²) < 4.78 is 29.4. The molecule has 0 atom stereocenters. The molecule has 1 fully saturated rings. The van der Waals surface area contributed by atoms with E-state index in [1.54, 1.807) is 17.7 Å². The van der Waals surface area contributed by atoms with Gasteiger partial charge in [0.2, 0.25) is 0 Å². The molecule has 0 bridgehead atoms. The van der Waals surface area contributed by atoms with Crippen molar-refractivity contribution in [3.63, 3.8) is 0 Å². The number of rotatable bonds is 5. The summed E-state index contributed by atoms with van der Waals surface area (Å²) in [5.41, 5.74) is 1.10. The van der Waals surface area contributed by atoms with Crippen LogP contribution in [0, 0.1) is 5.41 Å². The van der Waals surface area contributed by atoms with Gasteiger partial charge in [0, 0.05) is 36.3 Å². The zero-order valence-electron chi connectivity index (χ0n) is 15.1. The average molecular weight is 396 g/mol. The van der Waals surface area contributed by atoms with E-state index >= 15 is 0 Å². The molecule has 0 aromatic carbocycles. The Morgan fingerprint density at radius 2 is 2.00 bits per heavy atom. The number of nitrogens with one attached hydrogen (secondary N) is 1. The zero-order valence-corrected chi connectivity index (χ0v) is 16.7. The standard InChI is InChI=1S/C18H25N3O3S2/c1-26(22,23)11-18(6-8-24-9-7-18)10-19-16-15-13-4-2-3-5-14(13)25-17(15)21-12-20-16/h12H,2-11H2,1H3,(H,19,20,21). The first kappa shape index (κ1) is 18.1. The lowest BCUT2D eigenvalue weighted by Crippen LogP contribution is -2.41. The molecule has 0 spiro atoms. The second-order valence-electron chi connectivity index (χ2n) is 7.65. The summed E-state index contributed by atoms with van der Waals surface area (Å²) >= 11 is 1.78. The van der Waals surface area contributed by atoms with E-state index in [2.05, 4.69) is 15.3 Å². The normalized spacial score (nSPS) is 20.0. The van der Waals surface area contributed by atoms with Crippen LogP contribution < -0.4 is 5.32 Å². The Morgan fingerprint density at radius 1 is 1.23 bits per heavy atom. The number of sulfone groups is 1. The molecule has 2 aromatic rings. The van der Waals surface area contributed by atoms with Crippen molar-refractivity contribution >= 4 is 37.2 Å². The fourth-order valence-corrected chi connectivity index (χ4v) is 6.96. The van der Waals surface area contributed by atoms with Gasteiger partial charge in [-0.15, -0.1) is 11.3 Å². The first-order valence-corrected chi connectivity index (χ1v) is 12.1. The summed E-state index contributed by atoms with van der Waals surface area (Å²) in [5.74, 6) is 1.04. The minimum Gasteiger partial charge on any atom is -0.381 e. The summed E-state index contributed by atoms with van der Waals surface area (Å²) in [6.45, 7) is 1.83. The highest BCUT2D eigenvalue weighted by molar-refractivity contribution is 7.90. The molecule has 6 nitrogen and oxygen atoms in total. The Kier molecular flexibility index (Phi) is 4.92. The molecule has 0 amide bonds. The van der Waals surface area contributed by atoms with Crippen LogP contribution >= 0.6 is 11.3 Å². The third-order valence-electron chi connectivity index (χ3n) is 5.50. The van der Waals surface area contributed by atoms with Gasteiger partial charge in [-0.2, -0.15) is 0 Å². The van der Waals surface area contributed by atoms with Gasteiger partial charge in [-0.05, 0) is 44.1 Å². The Balaban J connectivity index is 1.63. The van der Waals surface area contributed by atoms with Gasteiger partial charge in [0.25, 0.3) is 0 Å². The van der Waals surface area contributed by atoms with Gasteiger partial charge in [-0.3, -0.25) is 0 Å². The van der Waals surface area contributed by atoms with Crippen molar-refractivity contribution < 1.29 is 13.2 Å². The number of thiophene rings is 1. The van der Waals surface area contributed by atoms with Gasteiger partial charge >= 0.3 is 0 Å². The van der Waals surface area contributed by atoms with Crippen LogP contribution in [0.2, 0.25) is 0 Å². The number of hydrogen-bond donors (Lipinski definition) is 1. The molecule has 8 heteroatoms. The van der Waals surface area contributed by atoms with Crippen LogP contribution in [0.4, 0.5) is 5.82 Å². The number of ether oxygens (including phenoxy) is 1. The second-order valence-corrected chi connectivity index (χ2v) is 10.9. The Labute approximate surface area is 158 Å². The van der Waals surface area contributed by atoms with Crippen LogP contribution in [0.1, 0.15) is 36.1 Å². The van der Waals surface area contributed by atoms with Crippen molar-refractivity contribution in [1.29, 1.82) is 0 Å². The van der Waals surface area contributed by atoms with Gasteiger partial charge in [0.05, 0.1) is 11.1 Å². The van der Waals surface area contributed by atoms with Crippen LogP contribution in [-0.4, -0.2) is 50.2 Å². The fourth-order valence-electron chi connectivity index (χ4n) is 4.23. The fraction of sp³-hybridized carbons (Fsp3) is 0.667. The smallest absolute Gasteiger partial charge is 0.148 e. The van der Waals surface area contributed by atoms with Crippen molar-refractivity contribution in [3.8, 4) is 0 Å². The SMILES string of the molecule is CS(=O)(=O)CC1(CNc2ncnc3sc4c(c23)CCCC4)CCOCC1. The quantitative estimate of drug-likeness (QED) is 0.838. The van der Waals surface area contributed by atoms with E-state index in [-0.39, 0.29) is 11.2 Å². The van der Waals surface area contributed by atoms with Crippen LogP contribution in [0.5, 0.6) is 0 Å². The highest BCUT2D eigenvalue weighted by atomic mass is 32.2. The highest BCUT2D eigenvalue weighted by Gasteiger charge is 2.36. The van der Waals surface area contributed by atoms with E-state index in [4.69, 9.17) is 4.74 Å². The van der Waals surface area contributed by atoms with Crippen molar-refractivity contribution in [2.75, 3.05) is 37.1 Å². The maximum Gasteiger partial charge on any atom is 0.148 e. The van der Waals surface area contributed by atoms with Gasteiger partial charge in [0.15, 0.2) is 0 Å². The third kappa shape index (κ3) is 3.73. The Bertz CT molecular complexity index is 902. The van der Waals surface area contributed by atoms with Crippen molar-refractivity contribution in [1.82, 2.24) is 9.97 Å². The number of fused-ring (bicyclic) bond motifs is 3. The van der Waals surface area contributed by atoms with E-state index in [0.29, 0.717) is 19.8 Å². The van der Waals surface area contributed by atoms with Crippen LogP contribution in [-0.2, 0) is 27.4 Å². The number of aryl methyl sites for hydroxylation is 2. The molecule has 0 radical (unpaired) electrons. The van der Waals surface area contributed by atoms with Crippen LogP contribution in [0.15, 0.2) is 6.33 Å². The van der Waals surface area contributed by atoms with E-state index in [1.165, 1.54) is 29.5 Å². The lowest BCUT2D eigenvalue weighted by atomic mass is 9.82. The molecule has 2 aromatic heterocycles. The van der Waals surface area contributed by atoms with Gasteiger partial charge in [-0.25, -0.2) is 18.4 Å². The number of aromatic nitrogens is 2. The number of nitrogens with zero attached hydrogens (tertiary/aromatic N) is 2. The minimum absolute atomic E-state index is 0.187. The second kappa shape index (κ2) is 7.05. The maximum atomic E-state index is 12.0. The summed E-state index contributed by atoms with van der Waals surface area (Å²) in [6.07, 6.45) is 9.11. The summed E-state index contributed by atoms with van der Waals surface area (Å²) in [6, 6.07) is 0. The Hall–Kier alpha value is -1.25. The molecule has 1 N–H and O–H groups in total. The third-order valence-corrected chi connectivity index (χ3v) is 7.84. The molecule has 2 aliphatic rings. The first-order chi connectivity index (χ1) is 12.5. The summed E-state index contributed by atoms with van der Waals surface area (Å²) in [7, 11) is -3.06.